The van der Waals surface area contributed by atoms with Crippen LogP contribution in [0.4, 0.5) is 27.8 Å². The molecule has 3 aromatic heterocycles. The molecule has 32 heavy (non-hydrogen) atoms. The molecule has 4 rings (SSSR count). The second-order valence-corrected chi connectivity index (χ2v) is 7.93. The molecule has 0 N–H and O–H groups in total. The molecule has 7 nitrogen and oxygen atoms in total. The Bertz CT molecular complexity index is 1070. The van der Waals surface area contributed by atoms with Gasteiger partial charge in [-0.2, -0.15) is 18.3 Å². The zero-order valence-electron chi connectivity index (χ0n) is 17.1. The second kappa shape index (κ2) is 8.83. The number of alkyl halides is 5. The van der Waals surface area contributed by atoms with Crippen LogP contribution in [-0.2, 0) is 12.7 Å². The third-order valence-corrected chi connectivity index (χ3v) is 5.23. The normalized spacial score (nSPS) is 19.7. The average molecular weight is 456 g/mol. The monoisotopic (exact) mass is 456 g/mol. The summed E-state index contributed by atoms with van der Waals surface area (Å²) in [4.78, 5) is 14.1. The van der Waals surface area contributed by atoms with Crippen molar-refractivity contribution < 1.29 is 26.7 Å². The number of fused-ring (bicyclic) bond motifs is 1. The number of ether oxygens (including phenoxy) is 1. The number of halogens is 5. The zero-order chi connectivity index (χ0) is 22.9. The first kappa shape index (κ1) is 22.2. The highest BCUT2D eigenvalue weighted by Gasteiger charge is 2.36. The highest BCUT2D eigenvalue weighted by Crippen LogP contribution is 2.35. The fraction of sp³-hybridized carbons (Fsp3) is 0.500. The van der Waals surface area contributed by atoms with Crippen LogP contribution in [0, 0.1) is 11.8 Å². The SMILES string of the molecule is C[C@@H]1C[C@@H](COc2cccnc2C(F)(F)F)CN(c2cnc3cnn(CC(F)F)c3n2)C1. The standard InChI is InChI=1S/C20H21F5N6O/c1-12-5-13(11-32-15-3-2-4-26-18(15)20(23,24)25)9-30(8-12)17-7-27-14-6-28-31(10-16(21)22)19(14)29-17/h2-4,6-7,12-13,16H,5,8-11H2,1H3/t12-,13-/m1/s1. The molecule has 0 bridgehead atoms. The van der Waals surface area contributed by atoms with Crippen molar-refractivity contribution in [3.63, 3.8) is 0 Å². The van der Waals surface area contributed by atoms with Gasteiger partial charge in [0.15, 0.2) is 11.3 Å². The van der Waals surface area contributed by atoms with Crippen molar-refractivity contribution in [3.8, 4) is 5.75 Å². The summed E-state index contributed by atoms with van der Waals surface area (Å²) in [5.41, 5.74) is -0.376. The molecule has 2 atom stereocenters. The minimum absolute atomic E-state index is 0.0662. The summed E-state index contributed by atoms with van der Waals surface area (Å²) in [5, 5.41) is 3.92. The highest BCUT2D eigenvalue weighted by atomic mass is 19.4. The van der Waals surface area contributed by atoms with Crippen molar-refractivity contribution in [1.82, 2.24) is 24.7 Å². The van der Waals surface area contributed by atoms with E-state index >= 15 is 0 Å². The minimum atomic E-state index is -4.60. The van der Waals surface area contributed by atoms with Crippen LogP contribution in [0.25, 0.3) is 11.2 Å². The number of anilines is 1. The van der Waals surface area contributed by atoms with E-state index in [1.165, 1.54) is 18.3 Å². The van der Waals surface area contributed by atoms with Crippen LogP contribution in [0.5, 0.6) is 5.75 Å². The zero-order valence-corrected chi connectivity index (χ0v) is 17.1. The molecular formula is C20H21F5N6O. The molecule has 12 heteroatoms. The molecule has 1 aliphatic rings. The van der Waals surface area contributed by atoms with Crippen LogP contribution in [0.3, 0.4) is 0 Å². The van der Waals surface area contributed by atoms with Crippen LogP contribution < -0.4 is 9.64 Å². The van der Waals surface area contributed by atoms with E-state index in [0.29, 0.717) is 24.4 Å². The van der Waals surface area contributed by atoms with Gasteiger partial charge in [-0.15, -0.1) is 0 Å². The average Bonchev–Trinajstić information content (AvgIpc) is 3.13. The first-order chi connectivity index (χ1) is 15.2. The number of nitrogens with zero attached hydrogens (tertiary/aromatic N) is 6. The number of hydrogen-bond acceptors (Lipinski definition) is 6. The van der Waals surface area contributed by atoms with E-state index in [1.807, 2.05) is 11.8 Å². The maximum atomic E-state index is 13.2. The van der Waals surface area contributed by atoms with Crippen LogP contribution in [0.2, 0.25) is 0 Å². The van der Waals surface area contributed by atoms with E-state index in [4.69, 9.17) is 4.74 Å². The summed E-state index contributed by atoms with van der Waals surface area (Å²) >= 11 is 0. The maximum Gasteiger partial charge on any atom is 0.437 e. The fourth-order valence-electron chi connectivity index (χ4n) is 3.97. The lowest BCUT2D eigenvalue weighted by Crippen LogP contribution is -2.42. The molecule has 1 saturated heterocycles. The molecule has 0 radical (unpaired) electrons. The van der Waals surface area contributed by atoms with Gasteiger partial charge in [-0.05, 0) is 24.5 Å². The van der Waals surface area contributed by atoms with E-state index < -0.39 is 24.8 Å². The number of aromatic nitrogens is 5. The van der Waals surface area contributed by atoms with Crippen molar-refractivity contribution >= 4 is 17.0 Å². The van der Waals surface area contributed by atoms with E-state index in [-0.39, 0.29) is 29.8 Å². The van der Waals surface area contributed by atoms with Crippen LogP contribution in [-0.4, -0.2) is 50.9 Å². The lowest BCUT2D eigenvalue weighted by Gasteiger charge is -2.37. The molecule has 1 aliphatic heterocycles. The van der Waals surface area contributed by atoms with E-state index in [9.17, 15) is 22.0 Å². The van der Waals surface area contributed by atoms with Crippen molar-refractivity contribution in [2.75, 3.05) is 24.6 Å². The van der Waals surface area contributed by atoms with Gasteiger partial charge in [0, 0.05) is 25.2 Å². The van der Waals surface area contributed by atoms with Gasteiger partial charge in [0.1, 0.15) is 23.6 Å². The molecule has 0 spiro atoms. The molecule has 172 valence electrons. The van der Waals surface area contributed by atoms with Gasteiger partial charge in [0.05, 0.1) is 19.0 Å². The smallest absolute Gasteiger partial charge is 0.437 e. The summed E-state index contributed by atoms with van der Waals surface area (Å²) in [7, 11) is 0. The van der Waals surface area contributed by atoms with Crippen molar-refractivity contribution in [2.24, 2.45) is 11.8 Å². The van der Waals surface area contributed by atoms with Gasteiger partial charge in [-0.25, -0.2) is 28.4 Å². The van der Waals surface area contributed by atoms with E-state index in [1.54, 1.807) is 6.20 Å². The van der Waals surface area contributed by atoms with Gasteiger partial charge in [0.25, 0.3) is 6.43 Å². The third kappa shape index (κ3) is 4.89. The maximum absolute atomic E-state index is 13.2. The van der Waals surface area contributed by atoms with Crippen LogP contribution in [0.1, 0.15) is 19.0 Å². The molecule has 4 heterocycles. The van der Waals surface area contributed by atoms with E-state index in [2.05, 4.69) is 20.1 Å². The van der Waals surface area contributed by atoms with Crippen LogP contribution >= 0.6 is 0 Å². The third-order valence-electron chi connectivity index (χ3n) is 5.23. The molecular weight excluding hydrogens is 435 g/mol. The van der Waals surface area contributed by atoms with Crippen molar-refractivity contribution in [2.45, 2.75) is 32.5 Å². The molecule has 0 saturated carbocycles. The lowest BCUT2D eigenvalue weighted by molar-refractivity contribution is -0.142. The Balaban J connectivity index is 1.49. The molecule has 1 fully saturated rings. The molecule has 0 aromatic carbocycles. The van der Waals surface area contributed by atoms with Gasteiger partial charge >= 0.3 is 6.18 Å². The fourth-order valence-corrected chi connectivity index (χ4v) is 3.97. The Morgan fingerprint density at radius 2 is 2.00 bits per heavy atom. The summed E-state index contributed by atoms with van der Waals surface area (Å²) in [6, 6.07) is 2.65. The first-order valence-corrected chi connectivity index (χ1v) is 10.1. The summed E-state index contributed by atoms with van der Waals surface area (Å²) < 4.78 is 71.7. The Morgan fingerprint density at radius 1 is 1.19 bits per heavy atom. The Hall–Kier alpha value is -3.05. The number of pyridine rings is 1. The second-order valence-electron chi connectivity index (χ2n) is 7.93. The van der Waals surface area contributed by atoms with Gasteiger partial charge in [-0.1, -0.05) is 6.92 Å². The Kier molecular flexibility index (Phi) is 6.11. The highest BCUT2D eigenvalue weighted by molar-refractivity contribution is 5.71. The van der Waals surface area contributed by atoms with Gasteiger partial charge in [0.2, 0.25) is 0 Å². The molecule has 0 aliphatic carbocycles. The molecule has 0 amide bonds. The summed E-state index contributed by atoms with van der Waals surface area (Å²) in [6.45, 7) is 2.66. The van der Waals surface area contributed by atoms with E-state index in [0.717, 1.165) is 17.3 Å². The van der Waals surface area contributed by atoms with Crippen molar-refractivity contribution in [1.29, 1.82) is 0 Å². The van der Waals surface area contributed by atoms with Gasteiger partial charge in [-0.3, -0.25) is 0 Å². The number of rotatable bonds is 6. The predicted molar refractivity (Wildman–Crippen MR) is 106 cm³/mol. The molecule has 0 unspecified atom stereocenters. The Morgan fingerprint density at radius 3 is 2.75 bits per heavy atom. The first-order valence-electron chi connectivity index (χ1n) is 10.1. The minimum Gasteiger partial charge on any atom is -0.491 e. The van der Waals surface area contributed by atoms with Crippen molar-refractivity contribution in [3.05, 3.63) is 36.4 Å². The number of hydrogen-bond donors (Lipinski definition) is 0. The predicted octanol–water partition coefficient (Wildman–Crippen LogP) is 4.05. The van der Waals surface area contributed by atoms with Crippen LogP contribution in [0.15, 0.2) is 30.7 Å². The largest absolute Gasteiger partial charge is 0.491 e. The number of piperidine rings is 1. The molecule has 3 aromatic rings. The lowest BCUT2D eigenvalue weighted by atomic mass is 9.91. The summed E-state index contributed by atoms with van der Waals surface area (Å²) in [5.74, 6) is 0.352. The summed E-state index contributed by atoms with van der Waals surface area (Å²) in [6.07, 6.45) is -2.40. The topological polar surface area (TPSA) is 69.0 Å². The Labute approximate surface area is 180 Å². The van der Waals surface area contributed by atoms with Gasteiger partial charge < -0.3 is 9.64 Å². The quantitative estimate of drug-likeness (QED) is 0.522.